The van der Waals surface area contributed by atoms with Gasteiger partial charge >= 0.3 is 0 Å². The molecule has 2 aromatic heterocycles. The molecule has 0 aliphatic rings. The molecule has 2 heterocycles. The fraction of sp³-hybridized carbons (Fsp3) is 0.231. The van der Waals surface area contributed by atoms with Crippen molar-refractivity contribution in [2.75, 3.05) is 37.1 Å². The fourth-order valence-corrected chi connectivity index (χ4v) is 1.73. The van der Waals surface area contributed by atoms with Gasteiger partial charge in [-0.1, -0.05) is 0 Å². The fourth-order valence-electron chi connectivity index (χ4n) is 1.73. The van der Waals surface area contributed by atoms with E-state index in [0.717, 1.165) is 28.6 Å². The lowest BCUT2D eigenvalue weighted by atomic mass is 10.1. The average molecular weight is 243 g/mol. The van der Waals surface area contributed by atoms with E-state index in [1.165, 1.54) is 0 Å². The molecule has 0 radical (unpaired) electrons. The molecule has 5 heteroatoms. The summed E-state index contributed by atoms with van der Waals surface area (Å²) in [6, 6.07) is 7.87. The van der Waals surface area contributed by atoms with Crippen molar-refractivity contribution in [2.45, 2.75) is 0 Å². The van der Waals surface area contributed by atoms with E-state index in [1.807, 2.05) is 45.4 Å². The third-order valence-corrected chi connectivity index (χ3v) is 2.71. The smallest absolute Gasteiger partial charge is 0.137 e. The predicted octanol–water partition coefficient (Wildman–Crippen LogP) is 2.27. The Bertz CT molecular complexity index is 539. The van der Waals surface area contributed by atoms with Crippen LogP contribution >= 0.6 is 0 Å². The normalized spacial score (nSPS) is 9.94. The molecule has 0 unspecified atom stereocenters. The number of hydrogen-bond acceptors (Lipinski definition) is 5. The highest BCUT2D eigenvalue weighted by Crippen LogP contribution is 2.27. The molecule has 0 spiro atoms. The highest BCUT2D eigenvalue weighted by atomic mass is 15.0. The van der Waals surface area contributed by atoms with E-state index in [4.69, 9.17) is 0 Å². The van der Waals surface area contributed by atoms with Gasteiger partial charge in [0.2, 0.25) is 0 Å². The topological polar surface area (TPSA) is 61.9 Å². The summed E-state index contributed by atoms with van der Waals surface area (Å²) < 4.78 is 0. The summed E-state index contributed by atoms with van der Waals surface area (Å²) in [5, 5.41) is 9.22. The number of anilines is 3. The molecule has 0 amide bonds. The van der Waals surface area contributed by atoms with E-state index in [1.54, 1.807) is 6.20 Å². The molecule has 0 saturated carbocycles. The molecule has 0 bridgehead atoms. The Morgan fingerprint density at radius 3 is 2.44 bits per heavy atom. The zero-order chi connectivity index (χ0) is 13.0. The molecule has 0 fully saturated rings. The van der Waals surface area contributed by atoms with Gasteiger partial charge in [-0.05, 0) is 24.3 Å². The molecule has 0 atom stereocenters. The van der Waals surface area contributed by atoms with Crippen molar-refractivity contribution in [3.8, 4) is 11.3 Å². The largest absolute Gasteiger partial charge is 0.388 e. The maximum absolute atomic E-state index is 4.46. The van der Waals surface area contributed by atoms with Crippen LogP contribution in [0.25, 0.3) is 11.3 Å². The Balaban J connectivity index is 2.48. The summed E-state index contributed by atoms with van der Waals surface area (Å²) in [5.74, 6) is 1.63. The molecule has 5 nitrogen and oxygen atoms in total. The van der Waals surface area contributed by atoms with Gasteiger partial charge in [-0.2, -0.15) is 0 Å². The Hall–Kier alpha value is -2.30. The average Bonchev–Trinajstić information content (AvgIpc) is 2.46. The molecule has 2 aromatic rings. The number of hydrogen-bond donors (Lipinski definition) is 3. The van der Waals surface area contributed by atoms with Crippen molar-refractivity contribution in [3.63, 3.8) is 0 Å². The summed E-state index contributed by atoms with van der Waals surface area (Å²) in [4.78, 5) is 8.84. The molecule has 0 aromatic carbocycles. The van der Waals surface area contributed by atoms with Gasteiger partial charge in [-0.25, -0.2) is 4.98 Å². The monoisotopic (exact) mass is 243 g/mol. The van der Waals surface area contributed by atoms with Crippen LogP contribution in [-0.2, 0) is 0 Å². The van der Waals surface area contributed by atoms with Crippen LogP contribution in [0, 0.1) is 0 Å². The molecule has 18 heavy (non-hydrogen) atoms. The second kappa shape index (κ2) is 5.35. The first kappa shape index (κ1) is 12.2. The van der Waals surface area contributed by atoms with Crippen LogP contribution in [0.2, 0.25) is 0 Å². The minimum atomic E-state index is 0.808. The van der Waals surface area contributed by atoms with E-state index in [0.29, 0.717) is 0 Å². The standard InChI is InChI=1S/C13H17N5/c1-14-9-6-7-17-11(8-9)10-4-5-12(15-2)18-13(10)16-3/h4-8H,1-3H3,(H,14,17)(H2,15,16,18). The van der Waals surface area contributed by atoms with Crippen molar-refractivity contribution in [2.24, 2.45) is 0 Å². The molecular formula is C13H17N5. The van der Waals surface area contributed by atoms with Crippen molar-refractivity contribution in [3.05, 3.63) is 30.5 Å². The summed E-state index contributed by atoms with van der Waals surface area (Å²) in [6.45, 7) is 0. The van der Waals surface area contributed by atoms with Gasteiger partial charge < -0.3 is 16.0 Å². The van der Waals surface area contributed by atoms with Crippen molar-refractivity contribution in [1.82, 2.24) is 9.97 Å². The van der Waals surface area contributed by atoms with Gasteiger partial charge in [0.1, 0.15) is 11.6 Å². The van der Waals surface area contributed by atoms with Gasteiger partial charge in [-0.15, -0.1) is 0 Å². The zero-order valence-corrected chi connectivity index (χ0v) is 10.8. The Morgan fingerprint density at radius 2 is 1.78 bits per heavy atom. The first-order chi connectivity index (χ1) is 8.78. The van der Waals surface area contributed by atoms with Gasteiger partial charge in [0.15, 0.2) is 0 Å². The Labute approximate surface area is 107 Å². The first-order valence-electron chi connectivity index (χ1n) is 5.79. The molecular weight excluding hydrogens is 226 g/mol. The first-order valence-corrected chi connectivity index (χ1v) is 5.79. The van der Waals surface area contributed by atoms with Crippen LogP contribution in [0.5, 0.6) is 0 Å². The summed E-state index contributed by atoms with van der Waals surface area (Å²) in [7, 11) is 5.59. The maximum Gasteiger partial charge on any atom is 0.137 e. The van der Waals surface area contributed by atoms with Gasteiger partial charge in [0, 0.05) is 38.6 Å². The Kier molecular flexibility index (Phi) is 3.62. The summed E-state index contributed by atoms with van der Waals surface area (Å²) in [5.41, 5.74) is 2.90. The van der Waals surface area contributed by atoms with E-state index < -0.39 is 0 Å². The third kappa shape index (κ3) is 2.34. The van der Waals surface area contributed by atoms with E-state index >= 15 is 0 Å². The van der Waals surface area contributed by atoms with Gasteiger partial charge in [-0.3, -0.25) is 4.98 Å². The number of aromatic nitrogens is 2. The third-order valence-electron chi connectivity index (χ3n) is 2.71. The number of nitrogens with one attached hydrogen (secondary N) is 3. The number of nitrogens with zero attached hydrogens (tertiary/aromatic N) is 2. The summed E-state index contributed by atoms with van der Waals surface area (Å²) in [6.07, 6.45) is 1.78. The van der Waals surface area contributed by atoms with Crippen molar-refractivity contribution >= 4 is 17.3 Å². The number of pyridine rings is 2. The number of rotatable bonds is 4. The van der Waals surface area contributed by atoms with Crippen LogP contribution < -0.4 is 16.0 Å². The van der Waals surface area contributed by atoms with E-state index in [9.17, 15) is 0 Å². The second-order valence-electron chi connectivity index (χ2n) is 3.77. The molecule has 0 aliphatic carbocycles. The van der Waals surface area contributed by atoms with Crippen LogP contribution in [0.1, 0.15) is 0 Å². The van der Waals surface area contributed by atoms with Gasteiger partial charge in [0.25, 0.3) is 0 Å². The molecule has 0 aliphatic heterocycles. The maximum atomic E-state index is 4.46. The quantitative estimate of drug-likeness (QED) is 0.769. The van der Waals surface area contributed by atoms with Crippen molar-refractivity contribution < 1.29 is 0 Å². The minimum Gasteiger partial charge on any atom is -0.388 e. The molecule has 94 valence electrons. The lowest BCUT2D eigenvalue weighted by molar-refractivity contribution is 1.24. The highest BCUT2D eigenvalue weighted by molar-refractivity contribution is 5.75. The van der Waals surface area contributed by atoms with Gasteiger partial charge in [0.05, 0.1) is 5.69 Å². The SMILES string of the molecule is CNc1ccnc(-c2ccc(NC)nc2NC)c1. The molecule has 3 N–H and O–H groups in total. The second-order valence-corrected chi connectivity index (χ2v) is 3.77. The van der Waals surface area contributed by atoms with Crippen LogP contribution in [0.3, 0.4) is 0 Å². The molecule has 2 rings (SSSR count). The Morgan fingerprint density at radius 1 is 0.944 bits per heavy atom. The lowest BCUT2D eigenvalue weighted by Crippen LogP contribution is -2.00. The van der Waals surface area contributed by atoms with Crippen LogP contribution in [0.15, 0.2) is 30.5 Å². The highest BCUT2D eigenvalue weighted by Gasteiger charge is 2.08. The lowest BCUT2D eigenvalue weighted by Gasteiger charge is -2.10. The van der Waals surface area contributed by atoms with Crippen LogP contribution in [0.4, 0.5) is 17.3 Å². The van der Waals surface area contributed by atoms with Crippen molar-refractivity contribution in [1.29, 1.82) is 0 Å². The van der Waals surface area contributed by atoms with E-state index in [2.05, 4.69) is 25.9 Å². The minimum absolute atomic E-state index is 0.808. The van der Waals surface area contributed by atoms with Crippen LogP contribution in [-0.4, -0.2) is 31.1 Å². The zero-order valence-electron chi connectivity index (χ0n) is 10.8. The molecule has 0 saturated heterocycles. The summed E-state index contributed by atoms with van der Waals surface area (Å²) >= 11 is 0. The van der Waals surface area contributed by atoms with E-state index in [-0.39, 0.29) is 0 Å². The predicted molar refractivity (Wildman–Crippen MR) is 76.1 cm³/mol.